The predicted octanol–water partition coefficient (Wildman–Crippen LogP) is 3.06. The summed E-state index contributed by atoms with van der Waals surface area (Å²) in [5, 5.41) is 4.80. The van der Waals surface area contributed by atoms with Gasteiger partial charge in [0, 0.05) is 12.2 Å². The highest BCUT2D eigenvalue weighted by Gasteiger charge is 2.46. The second-order valence-corrected chi connectivity index (χ2v) is 6.41. The van der Waals surface area contributed by atoms with Gasteiger partial charge in [0.1, 0.15) is 0 Å². The van der Waals surface area contributed by atoms with Crippen LogP contribution in [0.1, 0.15) is 63.6 Å². The van der Waals surface area contributed by atoms with Crippen LogP contribution in [0.15, 0.2) is 12.3 Å². The molecule has 0 aliphatic heterocycles. The maximum atomic E-state index is 6.10. The summed E-state index contributed by atoms with van der Waals surface area (Å²) in [5.74, 6) is 0. The molecular weight excluding hydrogens is 222 g/mol. The second-order valence-electron chi connectivity index (χ2n) is 6.41. The minimum atomic E-state index is 0.303. The largest absolute Gasteiger partial charge is 0.327 e. The van der Waals surface area contributed by atoms with Gasteiger partial charge in [-0.1, -0.05) is 19.3 Å². The van der Waals surface area contributed by atoms with E-state index in [1.54, 1.807) is 0 Å². The quantitative estimate of drug-likeness (QED) is 0.888. The van der Waals surface area contributed by atoms with Crippen LogP contribution in [-0.2, 0) is 6.42 Å². The van der Waals surface area contributed by atoms with Crippen LogP contribution in [0.25, 0.3) is 0 Å². The molecule has 2 N–H and O–H groups in total. The Labute approximate surface area is 110 Å². The van der Waals surface area contributed by atoms with Gasteiger partial charge in [-0.15, -0.1) is 0 Å². The zero-order valence-electron chi connectivity index (χ0n) is 11.4. The maximum absolute atomic E-state index is 6.10. The van der Waals surface area contributed by atoms with Crippen molar-refractivity contribution in [2.24, 2.45) is 11.1 Å². The standard InChI is InChI=1S/C15H25N3/c1-12(16)15(8-9-15)11-13-7-10-18(17-13)14-5-3-2-4-6-14/h7,10,12,14H,2-6,8-9,11,16H2,1H3. The third kappa shape index (κ3) is 2.33. The topological polar surface area (TPSA) is 43.8 Å². The van der Waals surface area contributed by atoms with Gasteiger partial charge in [-0.3, -0.25) is 4.68 Å². The van der Waals surface area contributed by atoms with Gasteiger partial charge in [0.2, 0.25) is 0 Å². The molecule has 0 spiro atoms. The molecule has 3 nitrogen and oxygen atoms in total. The minimum Gasteiger partial charge on any atom is -0.327 e. The van der Waals surface area contributed by atoms with Gasteiger partial charge in [-0.25, -0.2) is 0 Å². The third-order valence-corrected chi connectivity index (χ3v) is 5.00. The Morgan fingerprint density at radius 2 is 2.11 bits per heavy atom. The fourth-order valence-electron chi connectivity index (χ4n) is 3.33. The van der Waals surface area contributed by atoms with E-state index in [0.29, 0.717) is 17.5 Å². The normalized spacial score (nSPS) is 25.0. The number of nitrogens with two attached hydrogens (primary N) is 1. The molecule has 1 atom stereocenters. The average molecular weight is 247 g/mol. The summed E-state index contributed by atoms with van der Waals surface area (Å²) in [6.07, 6.45) is 12.6. The summed E-state index contributed by atoms with van der Waals surface area (Å²) in [5.41, 5.74) is 7.71. The molecule has 2 aliphatic carbocycles. The van der Waals surface area contributed by atoms with Crippen LogP contribution < -0.4 is 5.73 Å². The Bertz CT molecular complexity index is 398. The molecule has 0 bridgehead atoms. The highest BCUT2D eigenvalue weighted by Crippen LogP contribution is 2.50. The van der Waals surface area contributed by atoms with E-state index in [-0.39, 0.29) is 0 Å². The second kappa shape index (κ2) is 4.69. The molecule has 3 rings (SSSR count). The van der Waals surface area contributed by atoms with Crippen molar-refractivity contribution < 1.29 is 0 Å². The van der Waals surface area contributed by atoms with Gasteiger partial charge >= 0.3 is 0 Å². The van der Waals surface area contributed by atoms with E-state index in [1.165, 1.54) is 50.6 Å². The van der Waals surface area contributed by atoms with E-state index in [1.807, 2.05) is 0 Å². The molecule has 1 aromatic heterocycles. The summed E-state index contributed by atoms with van der Waals surface area (Å²) < 4.78 is 2.21. The molecule has 0 amide bonds. The molecule has 2 saturated carbocycles. The molecule has 3 heteroatoms. The Morgan fingerprint density at radius 1 is 1.39 bits per heavy atom. The van der Waals surface area contributed by atoms with E-state index >= 15 is 0 Å². The monoisotopic (exact) mass is 247 g/mol. The Hall–Kier alpha value is -0.830. The highest BCUT2D eigenvalue weighted by atomic mass is 15.3. The molecule has 0 radical (unpaired) electrons. The van der Waals surface area contributed by atoms with Crippen LogP contribution in [0.5, 0.6) is 0 Å². The van der Waals surface area contributed by atoms with Crippen LogP contribution in [-0.4, -0.2) is 15.8 Å². The van der Waals surface area contributed by atoms with Gasteiger partial charge in [0.15, 0.2) is 0 Å². The Morgan fingerprint density at radius 3 is 2.72 bits per heavy atom. The average Bonchev–Trinajstić information content (AvgIpc) is 3.01. The fraction of sp³-hybridized carbons (Fsp3) is 0.800. The van der Waals surface area contributed by atoms with Gasteiger partial charge < -0.3 is 5.73 Å². The first-order chi connectivity index (χ1) is 8.70. The molecule has 2 fully saturated rings. The fourth-order valence-corrected chi connectivity index (χ4v) is 3.33. The molecule has 18 heavy (non-hydrogen) atoms. The smallest absolute Gasteiger partial charge is 0.0630 e. The molecule has 2 aliphatic rings. The summed E-state index contributed by atoms with van der Waals surface area (Å²) in [6.45, 7) is 2.14. The van der Waals surface area contributed by atoms with E-state index in [9.17, 15) is 0 Å². The SMILES string of the molecule is CC(N)C1(Cc2ccn(C3CCCCC3)n2)CC1. The van der Waals surface area contributed by atoms with Crippen molar-refractivity contribution in [2.45, 2.75) is 70.4 Å². The molecule has 1 heterocycles. The van der Waals surface area contributed by atoms with Gasteiger partial charge in [0.25, 0.3) is 0 Å². The number of hydrogen-bond acceptors (Lipinski definition) is 2. The van der Waals surface area contributed by atoms with E-state index < -0.39 is 0 Å². The summed E-state index contributed by atoms with van der Waals surface area (Å²) in [4.78, 5) is 0. The van der Waals surface area contributed by atoms with Gasteiger partial charge in [0.05, 0.1) is 11.7 Å². The highest BCUT2D eigenvalue weighted by molar-refractivity contribution is 5.11. The lowest BCUT2D eigenvalue weighted by molar-refractivity contribution is 0.325. The van der Waals surface area contributed by atoms with Gasteiger partial charge in [-0.05, 0) is 50.5 Å². The van der Waals surface area contributed by atoms with Crippen molar-refractivity contribution in [3.63, 3.8) is 0 Å². The molecule has 1 aromatic rings. The zero-order valence-corrected chi connectivity index (χ0v) is 11.4. The van der Waals surface area contributed by atoms with Crippen LogP contribution in [0.3, 0.4) is 0 Å². The number of hydrogen-bond donors (Lipinski definition) is 1. The lowest BCUT2D eigenvalue weighted by Gasteiger charge is -2.22. The first kappa shape index (κ1) is 12.2. The lowest BCUT2D eigenvalue weighted by atomic mass is 9.93. The third-order valence-electron chi connectivity index (χ3n) is 5.00. The van der Waals surface area contributed by atoms with Crippen molar-refractivity contribution in [2.75, 3.05) is 0 Å². The van der Waals surface area contributed by atoms with E-state index in [4.69, 9.17) is 10.8 Å². The summed E-state index contributed by atoms with van der Waals surface area (Å²) in [7, 11) is 0. The van der Waals surface area contributed by atoms with Crippen LogP contribution in [0.4, 0.5) is 0 Å². The first-order valence-corrected chi connectivity index (χ1v) is 7.49. The van der Waals surface area contributed by atoms with Crippen molar-refractivity contribution in [3.05, 3.63) is 18.0 Å². The number of nitrogens with zero attached hydrogens (tertiary/aromatic N) is 2. The number of aromatic nitrogens is 2. The minimum absolute atomic E-state index is 0.303. The molecule has 0 aromatic carbocycles. The van der Waals surface area contributed by atoms with Crippen molar-refractivity contribution in [3.8, 4) is 0 Å². The summed E-state index contributed by atoms with van der Waals surface area (Å²) in [6, 6.07) is 3.16. The molecule has 1 unspecified atom stereocenters. The number of rotatable bonds is 4. The van der Waals surface area contributed by atoms with Crippen LogP contribution in [0, 0.1) is 5.41 Å². The van der Waals surface area contributed by atoms with Crippen LogP contribution in [0.2, 0.25) is 0 Å². The first-order valence-electron chi connectivity index (χ1n) is 7.49. The molecule has 0 saturated heterocycles. The van der Waals surface area contributed by atoms with E-state index in [2.05, 4.69) is 23.9 Å². The lowest BCUT2D eigenvalue weighted by Crippen LogP contribution is -2.30. The molecule has 100 valence electrons. The zero-order chi connectivity index (χ0) is 12.6. The van der Waals surface area contributed by atoms with E-state index in [0.717, 1.165) is 6.42 Å². The van der Waals surface area contributed by atoms with Crippen molar-refractivity contribution in [1.82, 2.24) is 9.78 Å². The van der Waals surface area contributed by atoms with Crippen LogP contribution >= 0.6 is 0 Å². The van der Waals surface area contributed by atoms with Crippen molar-refractivity contribution in [1.29, 1.82) is 0 Å². The Balaban J connectivity index is 1.66. The van der Waals surface area contributed by atoms with Crippen molar-refractivity contribution >= 4 is 0 Å². The molecular formula is C15H25N3. The summed E-state index contributed by atoms with van der Waals surface area (Å²) >= 11 is 0. The maximum Gasteiger partial charge on any atom is 0.0630 e. The predicted molar refractivity (Wildman–Crippen MR) is 73.4 cm³/mol. The van der Waals surface area contributed by atoms with Gasteiger partial charge in [-0.2, -0.15) is 5.10 Å². The Kier molecular flexibility index (Phi) is 3.18.